The third-order valence-electron chi connectivity index (χ3n) is 4.10. The van der Waals surface area contributed by atoms with Gasteiger partial charge in [-0.1, -0.05) is 23.5 Å². The molecule has 0 unspecified atom stereocenters. The number of benzene rings is 1. The Balaban J connectivity index is 1.36. The fraction of sp³-hybridized carbons (Fsp3) is 0.333. The smallest absolute Gasteiger partial charge is 0.282 e. The highest BCUT2D eigenvalue weighted by atomic mass is 32.2. The molecule has 3 N–H and O–H groups in total. The SMILES string of the molecule is NS(=O)(=O)c1ccc(CCNC(=O)c2nn3c(C4CC4)nnc3s2)cc1. The van der Waals surface area contributed by atoms with Crippen LogP contribution in [0.3, 0.4) is 0 Å². The quantitative estimate of drug-likeness (QED) is 0.634. The number of nitrogens with two attached hydrogens (primary N) is 1. The number of rotatable bonds is 6. The summed E-state index contributed by atoms with van der Waals surface area (Å²) in [6.07, 6.45) is 2.74. The minimum Gasteiger partial charge on any atom is -0.350 e. The Labute approximate surface area is 153 Å². The van der Waals surface area contributed by atoms with Crippen molar-refractivity contribution in [3.63, 3.8) is 0 Å². The van der Waals surface area contributed by atoms with Crippen molar-refractivity contribution < 1.29 is 13.2 Å². The van der Waals surface area contributed by atoms with Crippen LogP contribution in [0.5, 0.6) is 0 Å². The molecule has 0 spiro atoms. The highest BCUT2D eigenvalue weighted by molar-refractivity contribution is 7.89. The van der Waals surface area contributed by atoms with E-state index in [1.807, 2.05) is 0 Å². The highest BCUT2D eigenvalue weighted by Crippen LogP contribution is 2.39. The van der Waals surface area contributed by atoms with E-state index in [1.54, 1.807) is 16.6 Å². The first-order valence-electron chi connectivity index (χ1n) is 8.04. The van der Waals surface area contributed by atoms with E-state index in [1.165, 1.54) is 23.5 Å². The molecule has 0 saturated heterocycles. The van der Waals surface area contributed by atoms with Gasteiger partial charge in [-0.2, -0.15) is 4.52 Å². The van der Waals surface area contributed by atoms with Crippen LogP contribution in [0, 0.1) is 0 Å². The zero-order chi connectivity index (χ0) is 18.3. The normalized spacial score (nSPS) is 14.7. The van der Waals surface area contributed by atoms with Gasteiger partial charge in [0, 0.05) is 12.5 Å². The highest BCUT2D eigenvalue weighted by Gasteiger charge is 2.30. The van der Waals surface area contributed by atoms with Gasteiger partial charge in [0.05, 0.1) is 4.90 Å². The Morgan fingerprint density at radius 1 is 1.27 bits per heavy atom. The van der Waals surface area contributed by atoms with E-state index in [0.717, 1.165) is 24.2 Å². The van der Waals surface area contributed by atoms with Gasteiger partial charge in [0.2, 0.25) is 20.0 Å². The largest absolute Gasteiger partial charge is 0.350 e. The Kier molecular flexibility index (Phi) is 4.21. The average Bonchev–Trinajstić information content (AvgIpc) is 3.22. The topological polar surface area (TPSA) is 132 Å². The second kappa shape index (κ2) is 6.41. The van der Waals surface area contributed by atoms with Crippen molar-refractivity contribution >= 4 is 32.2 Å². The second-order valence-electron chi connectivity index (χ2n) is 6.13. The van der Waals surface area contributed by atoms with Gasteiger partial charge in [0.25, 0.3) is 5.91 Å². The number of fused-ring (bicyclic) bond motifs is 1. The minimum atomic E-state index is -3.69. The van der Waals surface area contributed by atoms with Crippen LogP contribution >= 0.6 is 11.3 Å². The molecule has 11 heteroatoms. The van der Waals surface area contributed by atoms with Crippen LogP contribution in [0.2, 0.25) is 0 Å². The van der Waals surface area contributed by atoms with Crippen LogP contribution in [-0.2, 0) is 16.4 Å². The lowest BCUT2D eigenvalue weighted by Gasteiger charge is -2.04. The van der Waals surface area contributed by atoms with E-state index in [2.05, 4.69) is 20.6 Å². The molecule has 2 heterocycles. The van der Waals surface area contributed by atoms with Crippen LogP contribution in [0.25, 0.3) is 4.96 Å². The molecule has 0 atom stereocenters. The number of hydrogen-bond donors (Lipinski definition) is 2. The Bertz CT molecular complexity index is 1070. The predicted molar refractivity (Wildman–Crippen MR) is 94.5 cm³/mol. The van der Waals surface area contributed by atoms with Gasteiger partial charge in [-0.25, -0.2) is 13.6 Å². The number of sulfonamides is 1. The standard InChI is InChI=1S/C15H16N6O3S2/c16-26(23,24)11-5-1-9(2-6-11)7-8-17-13(22)14-20-21-12(10-3-4-10)18-19-15(21)25-14/h1-2,5-6,10H,3-4,7-8H2,(H,17,22)(H2,16,23,24). The average molecular weight is 392 g/mol. The molecule has 4 rings (SSSR count). The molecule has 1 aromatic carbocycles. The maximum atomic E-state index is 12.3. The van der Waals surface area contributed by atoms with E-state index in [0.29, 0.717) is 28.9 Å². The molecule has 136 valence electrons. The molecule has 1 aliphatic carbocycles. The first-order valence-corrected chi connectivity index (χ1v) is 10.4. The molecule has 0 radical (unpaired) electrons. The van der Waals surface area contributed by atoms with Crippen LogP contribution in [0.1, 0.15) is 39.9 Å². The van der Waals surface area contributed by atoms with E-state index < -0.39 is 10.0 Å². The van der Waals surface area contributed by atoms with Crippen LogP contribution < -0.4 is 10.5 Å². The second-order valence-corrected chi connectivity index (χ2v) is 8.65. The molecule has 3 aromatic rings. The molecule has 1 fully saturated rings. The van der Waals surface area contributed by atoms with Gasteiger partial charge >= 0.3 is 0 Å². The van der Waals surface area contributed by atoms with E-state index in [9.17, 15) is 13.2 Å². The third kappa shape index (κ3) is 3.45. The van der Waals surface area contributed by atoms with Crippen LogP contribution in [0.15, 0.2) is 29.2 Å². The molecular formula is C15H16N6O3S2. The molecule has 0 aliphatic heterocycles. The maximum Gasteiger partial charge on any atom is 0.282 e. The number of hydrogen-bond acceptors (Lipinski definition) is 7. The van der Waals surface area contributed by atoms with Gasteiger partial charge < -0.3 is 5.32 Å². The lowest BCUT2D eigenvalue weighted by molar-refractivity contribution is 0.0952. The maximum absolute atomic E-state index is 12.3. The van der Waals surface area contributed by atoms with Crippen LogP contribution in [-0.4, -0.2) is 40.7 Å². The van der Waals surface area contributed by atoms with Crippen molar-refractivity contribution in [1.29, 1.82) is 0 Å². The summed E-state index contributed by atoms with van der Waals surface area (Å²) in [5, 5.41) is 20.7. The van der Waals surface area contributed by atoms with E-state index >= 15 is 0 Å². The lowest BCUT2D eigenvalue weighted by atomic mass is 10.1. The Hall–Kier alpha value is -2.37. The summed E-state index contributed by atoms with van der Waals surface area (Å²) in [6, 6.07) is 6.26. The minimum absolute atomic E-state index is 0.0662. The van der Waals surface area contributed by atoms with Gasteiger partial charge in [0.1, 0.15) is 0 Å². The fourth-order valence-electron chi connectivity index (χ4n) is 2.56. The molecule has 1 amide bonds. The van der Waals surface area contributed by atoms with Gasteiger partial charge in [-0.3, -0.25) is 4.79 Å². The van der Waals surface area contributed by atoms with Gasteiger partial charge in [-0.05, 0) is 37.0 Å². The Morgan fingerprint density at radius 3 is 2.65 bits per heavy atom. The Morgan fingerprint density at radius 2 is 2.00 bits per heavy atom. The number of carbonyl (C=O) groups is 1. The fourth-order valence-corrected chi connectivity index (χ4v) is 3.84. The van der Waals surface area contributed by atoms with Crippen molar-refractivity contribution in [1.82, 2.24) is 25.1 Å². The number of carbonyl (C=O) groups excluding carboxylic acids is 1. The zero-order valence-corrected chi connectivity index (χ0v) is 15.3. The van der Waals surface area contributed by atoms with Crippen molar-refractivity contribution in [2.24, 2.45) is 5.14 Å². The van der Waals surface area contributed by atoms with Crippen LogP contribution in [0.4, 0.5) is 0 Å². The van der Waals surface area contributed by atoms with E-state index in [4.69, 9.17) is 5.14 Å². The molecule has 0 bridgehead atoms. The number of amides is 1. The van der Waals surface area contributed by atoms with Crippen molar-refractivity contribution in [3.05, 3.63) is 40.7 Å². The van der Waals surface area contributed by atoms with Gasteiger partial charge in [-0.15, -0.1) is 15.3 Å². The molecule has 9 nitrogen and oxygen atoms in total. The predicted octanol–water partition coefficient (Wildman–Crippen LogP) is 0.683. The number of aromatic nitrogens is 4. The molecular weight excluding hydrogens is 376 g/mol. The van der Waals surface area contributed by atoms with Gasteiger partial charge in [0.15, 0.2) is 5.82 Å². The number of nitrogens with one attached hydrogen (secondary N) is 1. The van der Waals surface area contributed by atoms with Crippen molar-refractivity contribution in [2.75, 3.05) is 6.54 Å². The summed E-state index contributed by atoms with van der Waals surface area (Å²) in [5.41, 5.74) is 0.895. The summed E-state index contributed by atoms with van der Waals surface area (Å²) in [5.74, 6) is 0.969. The van der Waals surface area contributed by atoms with Crippen molar-refractivity contribution in [3.8, 4) is 0 Å². The molecule has 26 heavy (non-hydrogen) atoms. The lowest BCUT2D eigenvalue weighted by Crippen LogP contribution is -2.25. The first-order chi connectivity index (χ1) is 12.4. The monoisotopic (exact) mass is 392 g/mol. The third-order valence-corrected chi connectivity index (χ3v) is 5.93. The summed E-state index contributed by atoms with van der Waals surface area (Å²) < 4.78 is 24.1. The number of primary sulfonamides is 1. The summed E-state index contributed by atoms with van der Waals surface area (Å²) in [4.78, 5) is 13.0. The van der Waals surface area contributed by atoms with Crippen molar-refractivity contribution in [2.45, 2.75) is 30.1 Å². The number of nitrogens with zero attached hydrogens (tertiary/aromatic N) is 4. The van der Waals surface area contributed by atoms with E-state index in [-0.39, 0.29) is 10.8 Å². The summed E-state index contributed by atoms with van der Waals surface area (Å²) in [7, 11) is -3.69. The molecule has 1 saturated carbocycles. The zero-order valence-electron chi connectivity index (χ0n) is 13.6. The summed E-state index contributed by atoms with van der Waals surface area (Å²) in [6.45, 7) is 0.406. The summed E-state index contributed by atoms with van der Waals surface area (Å²) >= 11 is 1.21. The first kappa shape index (κ1) is 17.1. The molecule has 1 aliphatic rings. The molecule has 2 aromatic heterocycles.